The molecule has 0 aliphatic rings. The number of hydrogen-bond acceptors (Lipinski definition) is 2. The molecule has 6 heteroatoms. The summed E-state index contributed by atoms with van der Waals surface area (Å²) in [5, 5.41) is 8.90. The van der Waals surface area contributed by atoms with Gasteiger partial charge in [0.1, 0.15) is 0 Å². The van der Waals surface area contributed by atoms with E-state index in [1.807, 2.05) is 36.9 Å². The van der Waals surface area contributed by atoms with Gasteiger partial charge in [-0.2, -0.15) is 5.10 Å². The van der Waals surface area contributed by atoms with Crippen LogP contribution in [-0.2, 0) is 6.54 Å². The smallest absolute Gasteiger partial charge is 0.0837 e. The van der Waals surface area contributed by atoms with Gasteiger partial charge in [-0.3, -0.25) is 4.68 Å². The van der Waals surface area contributed by atoms with E-state index in [0.29, 0.717) is 10.0 Å². The maximum absolute atomic E-state index is 6.26. The normalized spacial score (nSPS) is 12.7. The van der Waals surface area contributed by atoms with Crippen LogP contribution in [0.3, 0.4) is 0 Å². The molecule has 102 valence electrons. The van der Waals surface area contributed by atoms with Crippen LogP contribution in [0.1, 0.15) is 24.2 Å². The fourth-order valence-electron chi connectivity index (χ4n) is 2.06. The van der Waals surface area contributed by atoms with Crippen molar-refractivity contribution in [3.8, 4) is 0 Å². The monoisotopic (exact) mass is 361 g/mol. The minimum atomic E-state index is -0.0245. The molecule has 0 amide bonds. The quantitative estimate of drug-likeness (QED) is 0.879. The third-order valence-corrected chi connectivity index (χ3v) is 4.48. The number of halogens is 3. The molecule has 2 rings (SSSR count). The van der Waals surface area contributed by atoms with Gasteiger partial charge in [-0.1, -0.05) is 29.3 Å². The predicted octanol–water partition coefficient (Wildman–Crippen LogP) is 4.28. The molecule has 0 fully saturated rings. The summed E-state index contributed by atoms with van der Waals surface area (Å²) >= 11 is 15.7. The van der Waals surface area contributed by atoms with Crippen molar-refractivity contribution in [3.05, 3.63) is 50.2 Å². The van der Waals surface area contributed by atoms with Crippen LogP contribution >= 0.6 is 39.1 Å². The molecular formula is C13H14BrCl2N3. The zero-order valence-corrected chi connectivity index (χ0v) is 13.7. The molecule has 0 aliphatic heterocycles. The highest BCUT2D eigenvalue weighted by Crippen LogP contribution is 2.31. The van der Waals surface area contributed by atoms with Crippen LogP contribution in [0.4, 0.5) is 0 Å². The van der Waals surface area contributed by atoms with Crippen molar-refractivity contribution in [2.24, 2.45) is 0 Å². The van der Waals surface area contributed by atoms with E-state index in [4.69, 9.17) is 23.2 Å². The van der Waals surface area contributed by atoms with Crippen molar-refractivity contribution in [3.63, 3.8) is 0 Å². The predicted molar refractivity (Wildman–Crippen MR) is 83.0 cm³/mol. The third kappa shape index (κ3) is 2.97. The Labute approximate surface area is 131 Å². The third-order valence-electron chi connectivity index (χ3n) is 2.97. The van der Waals surface area contributed by atoms with E-state index in [2.05, 4.69) is 26.3 Å². The average Bonchev–Trinajstić information content (AvgIpc) is 2.76. The molecule has 1 atom stereocenters. The molecule has 2 aromatic rings. The Balaban J connectivity index is 2.49. The molecule has 3 nitrogen and oxygen atoms in total. The first-order valence-corrected chi connectivity index (χ1v) is 7.46. The first kappa shape index (κ1) is 14.9. The average molecular weight is 363 g/mol. The van der Waals surface area contributed by atoms with E-state index in [1.165, 1.54) is 0 Å². The molecule has 0 saturated carbocycles. The van der Waals surface area contributed by atoms with Crippen LogP contribution in [0.15, 0.2) is 28.9 Å². The maximum atomic E-state index is 6.26. The summed E-state index contributed by atoms with van der Waals surface area (Å²) in [5.74, 6) is 0. The lowest BCUT2D eigenvalue weighted by Gasteiger charge is -2.19. The van der Waals surface area contributed by atoms with E-state index in [-0.39, 0.29) is 6.04 Å². The number of aryl methyl sites for hydroxylation is 1. The Morgan fingerprint density at radius 2 is 2.11 bits per heavy atom. The summed E-state index contributed by atoms with van der Waals surface area (Å²) in [4.78, 5) is 0. The van der Waals surface area contributed by atoms with E-state index >= 15 is 0 Å². The Morgan fingerprint density at radius 1 is 1.37 bits per heavy atom. The second kappa shape index (κ2) is 6.27. The molecule has 0 aliphatic carbocycles. The molecule has 1 aromatic heterocycles. The van der Waals surface area contributed by atoms with Crippen molar-refractivity contribution in [1.29, 1.82) is 0 Å². The number of nitrogens with zero attached hydrogens (tertiary/aromatic N) is 2. The molecule has 19 heavy (non-hydrogen) atoms. The molecule has 0 saturated heterocycles. The Bertz CT molecular complexity index is 583. The largest absolute Gasteiger partial charge is 0.308 e. The molecule has 1 heterocycles. The van der Waals surface area contributed by atoms with Crippen LogP contribution in [0.5, 0.6) is 0 Å². The van der Waals surface area contributed by atoms with Crippen molar-refractivity contribution in [2.45, 2.75) is 19.5 Å². The Kier molecular flexibility index (Phi) is 4.90. The second-order valence-electron chi connectivity index (χ2n) is 4.09. The van der Waals surface area contributed by atoms with Crippen LogP contribution < -0.4 is 5.32 Å². The highest BCUT2D eigenvalue weighted by atomic mass is 79.9. The lowest BCUT2D eigenvalue weighted by Crippen LogP contribution is -2.21. The number of hydrogen-bond donors (Lipinski definition) is 1. The fraction of sp³-hybridized carbons (Fsp3) is 0.308. The van der Waals surface area contributed by atoms with Gasteiger partial charge in [-0.15, -0.1) is 0 Å². The van der Waals surface area contributed by atoms with Gasteiger partial charge >= 0.3 is 0 Å². The van der Waals surface area contributed by atoms with E-state index in [0.717, 1.165) is 22.3 Å². The zero-order chi connectivity index (χ0) is 14.0. The van der Waals surface area contributed by atoms with E-state index < -0.39 is 0 Å². The first-order chi connectivity index (χ1) is 9.08. The molecular weight excluding hydrogens is 349 g/mol. The van der Waals surface area contributed by atoms with Gasteiger partial charge in [0.05, 0.1) is 28.0 Å². The van der Waals surface area contributed by atoms with Crippen molar-refractivity contribution >= 4 is 39.1 Å². The minimum absolute atomic E-state index is 0.0245. The van der Waals surface area contributed by atoms with Crippen LogP contribution in [0.25, 0.3) is 0 Å². The van der Waals surface area contributed by atoms with E-state index in [9.17, 15) is 0 Å². The minimum Gasteiger partial charge on any atom is -0.308 e. The molecule has 1 aromatic carbocycles. The number of aromatic nitrogens is 2. The van der Waals surface area contributed by atoms with Crippen molar-refractivity contribution in [1.82, 2.24) is 15.1 Å². The zero-order valence-electron chi connectivity index (χ0n) is 10.6. The summed E-state index contributed by atoms with van der Waals surface area (Å²) in [6.45, 7) is 2.81. The molecule has 0 radical (unpaired) electrons. The topological polar surface area (TPSA) is 29.9 Å². The van der Waals surface area contributed by atoms with Crippen LogP contribution in [0.2, 0.25) is 10.0 Å². The van der Waals surface area contributed by atoms with Gasteiger partial charge < -0.3 is 5.32 Å². The van der Waals surface area contributed by atoms with Gasteiger partial charge in [0.2, 0.25) is 0 Å². The van der Waals surface area contributed by atoms with Gasteiger partial charge in [-0.25, -0.2) is 0 Å². The summed E-state index contributed by atoms with van der Waals surface area (Å²) in [5.41, 5.74) is 2.04. The lowest BCUT2D eigenvalue weighted by atomic mass is 10.0. The maximum Gasteiger partial charge on any atom is 0.0837 e. The van der Waals surface area contributed by atoms with Gasteiger partial charge in [0.25, 0.3) is 0 Å². The van der Waals surface area contributed by atoms with Crippen molar-refractivity contribution in [2.75, 3.05) is 7.05 Å². The highest BCUT2D eigenvalue weighted by molar-refractivity contribution is 9.10. The summed E-state index contributed by atoms with van der Waals surface area (Å²) in [6.07, 6.45) is 1.68. The summed E-state index contributed by atoms with van der Waals surface area (Å²) < 4.78 is 2.76. The number of rotatable bonds is 4. The number of benzene rings is 1. The van der Waals surface area contributed by atoms with Crippen LogP contribution in [-0.4, -0.2) is 16.8 Å². The highest BCUT2D eigenvalue weighted by Gasteiger charge is 2.20. The van der Waals surface area contributed by atoms with Gasteiger partial charge in [-0.05, 0) is 47.6 Å². The molecule has 0 spiro atoms. The van der Waals surface area contributed by atoms with Crippen LogP contribution in [0, 0.1) is 0 Å². The van der Waals surface area contributed by atoms with Gasteiger partial charge in [0.15, 0.2) is 0 Å². The van der Waals surface area contributed by atoms with Crippen molar-refractivity contribution < 1.29 is 0 Å². The first-order valence-electron chi connectivity index (χ1n) is 5.91. The van der Waals surface area contributed by atoms with Gasteiger partial charge in [0, 0.05) is 11.0 Å². The molecule has 1 unspecified atom stereocenters. The summed E-state index contributed by atoms with van der Waals surface area (Å²) in [7, 11) is 1.90. The lowest BCUT2D eigenvalue weighted by molar-refractivity contribution is 0.563. The van der Waals surface area contributed by atoms with E-state index in [1.54, 1.807) is 6.20 Å². The standard InChI is InChI=1S/C13H14BrCl2N3/c1-3-19-13(11(16)7-18-19)12(17-2)8-4-5-10(15)9(14)6-8/h4-7,12,17H,3H2,1-2H3. The Morgan fingerprint density at radius 3 is 2.68 bits per heavy atom. The SMILES string of the molecule is CCn1ncc(Cl)c1C(NC)c1ccc(Cl)c(Br)c1. The fourth-order valence-corrected chi connectivity index (χ4v) is 2.83. The second-order valence-corrected chi connectivity index (χ2v) is 5.76. The molecule has 0 bridgehead atoms. The number of nitrogens with one attached hydrogen (secondary N) is 1. The molecule has 1 N–H and O–H groups in total. The Hall–Kier alpha value is -0.550. The summed E-state index contributed by atoms with van der Waals surface area (Å²) in [6, 6.07) is 5.82.